The summed E-state index contributed by atoms with van der Waals surface area (Å²) < 4.78 is 37.9. The molecule has 0 saturated heterocycles. The van der Waals surface area contributed by atoms with Gasteiger partial charge in [-0.05, 0) is 17.9 Å². The quantitative estimate of drug-likeness (QED) is 0.742. The van der Waals surface area contributed by atoms with Crippen LogP contribution in [0.25, 0.3) is 10.7 Å². The van der Waals surface area contributed by atoms with Gasteiger partial charge in [0.15, 0.2) is 0 Å². The molecule has 0 atom stereocenters. The zero-order chi connectivity index (χ0) is 10.9. The smallest absolute Gasteiger partial charge is 0.448 e. The maximum Gasteiger partial charge on any atom is 0.497 e. The molecule has 0 N–H and O–H groups in total. The van der Waals surface area contributed by atoms with Gasteiger partial charge >= 0.3 is 6.98 Å². The van der Waals surface area contributed by atoms with Crippen molar-refractivity contribution in [3.05, 3.63) is 29.9 Å². The summed E-state index contributed by atoms with van der Waals surface area (Å²) in [5.74, 6) is 0.379. The molecule has 0 fully saturated rings. The predicted molar refractivity (Wildman–Crippen MR) is 54.6 cm³/mol. The van der Waals surface area contributed by atoms with Gasteiger partial charge in [-0.3, -0.25) is 0 Å². The van der Waals surface area contributed by atoms with Crippen LogP contribution >= 0.6 is 11.3 Å². The molecule has 0 spiro atoms. The molecular formula is C8H7BF3N2S-. The van der Waals surface area contributed by atoms with E-state index in [1.165, 1.54) is 23.7 Å². The number of imidazole rings is 1. The molecule has 15 heavy (non-hydrogen) atoms. The van der Waals surface area contributed by atoms with E-state index in [4.69, 9.17) is 0 Å². The van der Waals surface area contributed by atoms with Crippen molar-refractivity contribution in [3.8, 4) is 10.7 Å². The molecule has 80 valence electrons. The third-order valence-corrected chi connectivity index (χ3v) is 2.73. The summed E-state index contributed by atoms with van der Waals surface area (Å²) in [5.41, 5.74) is 0. The number of aromatic nitrogens is 2. The molecule has 0 aliphatic rings. The molecule has 0 radical (unpaired) electrons. The molecule has 0 aliphatic heterocycles. The first kappa shape index (κ1) is 10.3. The van der Waals surface area contributed by atoms with E-state index in [1.54, 1.807) is 12.1 Å². The van der Waals surface area contributed by atoms with Crippen molar-refractivity contribution in [1.29, 1.82) is 0 Å². The highest BCUT2D eigenvalue weighted by Gasteiger charge is 2.24. The minimum Gasteiger partial charge on any atom is -0.448 e. The van der Waals surface area contributed by atoms with Crippen LogP contribution in [-0.4, -0.2) is 16.5 Å². The minimum absolute atomic E-state index is 0.379. The maximum absolute atomic E-state index is 12.3. The van der Waals surface area contributed by atoms with Gasteiger partial charge in [-0.15, -0.1) is 11.3 Å². The summed E-state index contributed by atoms with van der Waals surface area (Å²) >= 11 is 1.38. The average Bonchev–Trinajstić information content (AvgIpc) is 2.68. The first-order valence-electron chi connectivity index (χ1n) is 4.32. The van der Waals surface area contributed by atoms with E-state index >= 15 is 0 Å². The van der Waals surface area contributed by atoms with Gasteiger partial charge in [0.25, 0.3) is 0 Å². The van der Waals surface area contributed by atoms with Gasteiger partial charge in [-0.1, -0.05) is 6.07 Å². The van der Waals surface area contributed by atoms with Crippen molar-refractivity contribution in [2.45, 2.75) is 6.44 Å². The molecule has 0 amide bonds. The van der Waals surface area contributed by atoms with Crippen LogP contribution in [0.4, 0.5) is 12.9 Å². The van der Waals surface area contributed by atoms with Crippen LogP contribution in [0.15, 0.2) is 29.9 Å². The number of nitrogens with zero attached hydrogens (tertiary/aromatic N) is 2. The maximum atomic E-state index is 12.3. The van der Waals surface area contributed by atoms with Crippen molar-refractivity contribution >= 4 is 18.3 Å². The second-order valence-electron chi connectivity index (χ2n) is 3.09. The topological polar surface area (TPSA) is 17.8 Å². The van der Waals surface area contributed by atoms with E-state index in [0.29, 0.717) is 5.82 Å². The summed E-state index contributed by atoms with van der Waals surface area (Å²) in [5, 5.41) is 1.81. The molecule has 0 unspecified atom stereocenters. The summed E-state index contributed by atoms with van der Waals surface area (Å²) in [6.07, 6.45) is 1.80. The minimum atomic E-state index is -4.83. The third-order valence-electron chi connectivity index (χ3n) is 1.86. The number of thiophene rings is 1. The van der Waals surface area contributed by atoms with Gasteiger partial charge in [0.2, 0.25) is 0 Å². The monoisotopic (exact) mass is 231 g/mol. The first-order chi connectivity index (χ1) is 7.06. The van der Waals surface area contributed by atoms with Crippen molar-refractivity contribution in [3.63, 3.8) is 0 Å². The second kappa shape index (κ2) is 3.73. The van der Waals surface area contributed by atoms with Crippen molar-refractivity contribution in [1.82, 2.24) is 9.55 Å². The fourth-order valence-corrected chi connectivity index (χ4v) is 2.05. The van der Waals surface area contributed by atoms with Gasteiger partial charge in [-0.25, -0.2) is 4.98 Å². The number of hydrogen-bond acceptors (Lipinski definition) is 2. The number of hydrogen-bond donors (Lipinski definition) is 0. The second-order valence-corrected chi connectivity index (χ2v) is 4.04. The fraction of sp³-hybridized carbons (Fsp3) is 0.125. The lowest BCUT2D eigenvalue weighted by Gasteiger charge is -2.15. The molecule has 2 heterocycles. The molecule has 0 saturated carbocycles. The Hall–Kier alpha value is -1.24. The number of rotatable bonds is 3. The summed E-state index contributed by atoms with van der Waals surface area (Å²) in [7, 11) is 0. The molecule has 2 rings (SSSR count). The molecule has 0 aliphatic carbocycles. The van der Waals surface area contributed by atoms with Gasteiger partial charge in [-0.2, -0.15) is 0 Å². The molecular weight excluding hydrogens is 224 g/mol. The summed E-state index contributed by atoms with van der Waals surface area (Å²) in [6, 6.07) is 3.55. The molecule has 0 aromatic carbocycles. The first-order valence-corrected chi connectivity index (χ1v) is 5.20. The molecule has 2 nitrogen and oxygen atoms in total. The van der Waals surface area contributed by atoms with E-state index < -0.39 is 13.4 Å². The Morgan fingerprint density at radius 1 is 1.40 bits per heavy atom. The van der Waals surface area contributed by atoms with Crippen LogP contribution in [-0.2, 0) is 6.44 Å². The highest BCUT2D eigenvalue weighted by Crippen LogP contribution is 2.24. The average molecular weight is 231 g/mol. The van der Waals surface area contributed by atoms with Crippen molar-refractivity contribution in [2.24, 2.45) is 0 Å². The van der Waals surface area contributed by atoms with Crippen LogP contribution in [0.3, 0.4) is 0 Å². The lowest BCUT2D eigenvalue weighted by Crippen LogP contribution is -2.24. The highest BCUT2D eigenvalue weighted by molar-refractivity contribution is 7.13. The lowest BCUT2D eigenvalue weighted by molar-refractivity contribution is 0.446. The zero-order valence-corrected chi connectivity index (χ0v) is 8.42. The Morgan fingerprint density at radius 3 is 2.80 bits per heavy atom. The van der Waals surface area contributed by atoms with E-state index in [2.05, 4.69) is 4.98 Å². The van der Waals surface area contributed by atoms with Crippen LogP contribution in [0.1, 0.15) is 0 Å². The van der Waals surface area contributed by atoms with E-state index in [9.17, 15) is 12.9 Å². The van der Waals surface area contributed by atoms with E-state index in [-0.39, 0.29) is 0 Å². The summed E-state index contributed by atoms with van der Waals surface area (Å²) in [6.45, 7) is -4.83. The predicted octanol–water partition coefficient (Wildman–Crippen LogP) is 3.00. The van der Waals surface area contributed by atoms with Crippen LogP contribution in [0, 0.1) is 0 Å². The van der Waals surface area contributed by atoms with Gasteiger partial charge < -0.3 is 17.5 Å². The third kappa shape index (κ3) is 2.41. The highest BCUT2D eigenvalue weighted by atomic mass is 32.1. The van der Waals surface area contributed by atoms with Gasteiger partial charge in [0.1, 0.15) is 5.82 Å². The van der Waals surface area contributed by atoms with Crippen LogP contribution < -0.4 is 0 Å². The molecule has 0 bridgehead atoms. The molecule has 2 aromatic rings. The molecule has 7 heteroatoms. The summed E-state index contributed by atoms with van der Waals surface area (Å²) in [4.78, 5) is 4.68. The largest absolute Gasteiger partial charge is 0.497 e. The Bertz CT molecular complexity index is 435. The van der Waals surface area contributed by atoms with Gasteiger partial charge in [0.05, 0.1) is 4.88 Å². The Balaban J connectivity index is 2.31. The molecule has 2 aromatic heterocycles. The Kier molecular flexibility index (Phi) is 2.56. The van der Waals surface area contributed by atoms with Crippen molar-refractivity contribution in [2.75, 3.05) is 0 Å². The Labute approximate surface area is 88.4 Å². The van der Waals surface area contributed by atoms with E-state index in [1.807, 2.05) is 5.38 Å². The number of halogens is 3. The van der Waals surface area contributed by atoms with Crippen LogP contribution in [0.5, 0.6) is 0 Å². The standard InChI is InChI=1S/C8H7BF3N2S/c10-9(11,12)6-14-4-3-13-8(14)7-2-1-5-15-7/h1-5H,6H2/q-1. The normalized spacial score (nSPS) is 11.9. The fourth-order valence-electron chi connectivity index (χ4n) is 1.31. The van der Waals surface area contributed by atoms with Crippen molar-refractivity contribution < 1.29 is 12.9 Å². The zero-order valence-electron chi connectivity index (χ0n) is 7.61. The van der Waals surface area contributed by atoms with Crippen LogP contribution in [0.2, 0.25) is 0 Å². The van der Waals surface area contributed by atoms with E-state index in [0.717, 1.165) is 9.44 Å². The lowest BCUT2D eigenvalue weighted by atomic mass is 9.92. The Morgan fingerprint density at radius 2 is 2.20 bits per heavy atom. The SMILES string of the molecule is F[B-](F)(F)Cn1ccnc1-c1cccs1. The van der Waals surface area contributed by atoms with Gasteiger partial charge in [0, 0.05) is 12.4 Å².